The highest BCUT2D eigenvalue weighted by Gasteiger charge is 2.55. The zero-order valence-electron chi connectivity index (χ0n) is 9.37. The Labute approximate surface area is 98.2 Å². The molecule has 1 aliphatic rings. The van der Waals surface area contributed by atoms with Gasteiger partial charge in [0.05, 0.1) is 0 Å². The standard InChI is InChI=1S/C12H15F3N2/c13-12(14,15)11(16)6-7-17(9-11)8-10-4-2-1-3-5-10/h1-5H,6-9,16H2/t11-/m1/s1. The number of halogens is 3. The van der Waals surface area contributed by atoms with E-state index in [0.717, 1.165) is 5.56 Å². The maximum absolute atomic E-state index is 12.7. The van der Waals surface area contributed by atoms with Crippen LogP contribution in [0.25, 0.3) is 0 Å². The van der Waals surface area contributed by atoms with E-state index in [4.69, 9.17) is 5.73 Å². The highest BCUT2D eigenvalue weighted by atomic mass is 19.4. The third-order valence-corrected chi connectivity index (χ3v) is 3.19. The Kier molecular flexibility index (Phi) is 3.14. The molecular formula is C12H15F3N2. The first-order chi connectivity index (χ1) is 7.91. The zero-order valence-corrected chi connectivity index (χ0v) is 9.37. The molecule has 0 spiro atoms. The third-order valence-electron chi connectivity index (χ3n) is 3.19. The van der Waals surface area contributed by atoms with Crippen LogP contribution in [-0.2, 0) is 6.54 Å². The van der Waals surface area contributed by atoms with Gasteiger partial charge in [-0.3, -0.25) is 4.90 Å². The summed E-state index contributed by atoms with van der Waals surface area (Å²) in [5.74, 6) is 0. The van der Waals surface area contributed by atoms with Gasteiger partial charge in [0.25, 0.3) is 0 Å². The first kappa shape index (κ1) is 12.4. The van der Waals surface area contributed by atoms with Crippen LogP contribution in [0.3, 0.4) is 0 Å². The average molecular weight is 244 g/mol. The molecule has 0 aromatic heterocycles. The van der Waals surface area contributed by atoms with Crippen LogP contribution >= 0.6 is 0 Å². The largest absolute Gasteiger partial charge is 0.407 e. The normalized spacial score (nSPS) is 26.4. The molecule has 17 heavy (non-hydrogen) atoms. The lowest BCUT2D eigenvalue weighted by atomic mass is 10.00. The summed E-state index contributed by atoms with van der Waals surface area (Å²) >= 11 is 0. The molecule has 1 aromatic carbocycles. The van der Waals surface area contributed by atoms with Gasteiger partial charge in [-0.15, -0.1) is 0 Å². The number of benzene rings is 1. The highest BCUT2D eigenvalue weighted by molar-refractivity contribution is 5.15. The third kappa shape index (κ3) is 2.61. The molecule has 2 N–H and O–H groups in total. The molecule has 2 nitrogen and oxygen atoms in total. The molecule has 0 bridgehead atoms. The molecule has 1 heterocycles. The van der Waals surface area contributed by atoms with E-state index >= 15 is 0 Å². The van der Waals surface area contributed by atoms with Crippen LogP contribution in [0.5, 0.6) is 0 Å². The smallest absolute Gasteiger partial charge is 0.317 e. The fraction of sp³-hybridized carbons (Fsp3) is 0.500. The minimum Gasteiger partial charge on any atom is -0.317 e. The Morgan fingerprint density at radius 3 is 2.41 bits per heavy atom. The van der Waals surface area contributed by atoms with Crippen LogP contribution in [0.15, 0.2) is 30.3 Å². The van der Waals surface area contributed by atoms with Crippen molar-refractivity contribution < 1.29 is 13.2 Å². The molecule has 0 unspecified atom stereocenters. The van der Waals surface area contributed by atoms with E-state index in [2.05, 4.69) is 0 Å². The average Bonchev–Trinajstić information content (AvgIpc) is 2.62. The van der Waals surface area contributed by atoms with Crippen molar-refractivity contribution in [3.63, 3.8) is 0 Å². The molecule has 0 aliphatic carbocycles. The van der Waals surface area contributed by atoms with Crippen molar-refractivity contribution in [2.24, 2.45) is 5.73 Å². The van der Waals surface area contributed by atoms with E-state index in [-0.39, 0.29) is 13.0 Å². The van der Waals surface area contributed by atoms with E-state index in [1.165, 1.54) is 0 Å². The molecule has 1 saturated heterocycles. The summed E-state index contributed by atoms with van der Waals surface area (Å²) in [5, 5.41) is 0. The van der Waals surface area contributed by atoms with Gasteiger partial charge in [0.2, 0.25) is 0 Å². The lowest BCUT2D eigenvalue weighted by Gasteiger charge is -2.27. The predicted molar refractivity (Wildman–Crippen MR) is 59.3 cm³/mol. The molecular weight excluding hydrogens is 229 g/mol. The summed E-state index contributed by atoms with van der Waals surface area (Å²) in [5.41, 5.74) is 4.39. The minimum atomic E-state index is -4.32. The molecule has 2 rings (SSSR count). The van der Waals surface area contributed by atoms with Gasteiger partial charge < -0.3 is 5.73 Å². The Hall–Kier alpha value is -1.07. The SMILES string of the molecule is N[C@]1(C(F)(F)F)CCN(Cc2ccccc2)C1. The maximum Gasteiger partial charge on any atom is 0.407 e. The second-order valence-electron chi connectivity index (χ2n) is 4.60. The van der Waals surface area contributed by atoms with Crippen molar-refractivity contribution in [1.82, 2.24) is 4.90 Å². The van der Waals surface area contributed by atoms with Crippen molar-refractivity contribution in [3.05, 3.63) is 35.9 Å². The molecule has 1 atom stereocenters. The number of nitrogens with two attached hydrogens (primary N) is 1. The van der Waals surface area contributed by atoms with Gasteiger partial charge in [-0.25, -0.2) is 0 Å². The summed E-state index contributed by atoms with van der Waals surface area (Å²) in [6, 6.07) is 9.46. The van der Waals surface area contributed by atoms with Crippen molar-refractivity contribution in [3.8, 4) is 0 Å². The van der Waals surface area contributed by atoms with Crippen LogP contribution in [0.2, 0.25) is 0 Å². The van der Waals surface area contributed by atoms with E-state index in [9.17, 15) is 13.2 Å². The lowest BCUT2D eigenvalue weighted by molar-refractivity contribution is -0.181. The Balaban J connectivity index is 1.99. The van der Waals surface area contributed by atoms with Crippen LogP contribution in [0, 0.1) is 0 Å². The monoisotopic (exact) mass is 244 g/mol. The summed E-state index contributed by atoms with van der Waals surface area (Å²) < 4.78 is 38.1. The summed E-state index contributed by atoms with van der Waals surface area (Å²) in [6.45, 7) is 0.798. The minimum absolute atomic E-state index is 0.0245. The van der Waals surface area contributed by atoms with Gasteiger partial charge >= 0.3 is 6.18 Å². The molecule has 0 amide bonds. The second-order valence-corrected chi connectivity index (χ2v) is 4.60. The van der Waals surface area contributed by atoms with Gasteiger partial charge in [0.15, 0.2) is 0 Å². The van der Waals surface area contributed by atoms with Crippen LogP contribution in [0.1, 0.15) is 12.0 Å². The van der Waals surface area contributed by atoms with Crippen molar-refractivity contribution in [2.45, 2.75) is 24.7 Å². The lowest BCUT2D eigenvalue weighted by Crippen LogP contribution is -2.55. The molecule has 94 valence electrons. The van der Waals surface area contributed by atoms with E-state index < -0.39 is 11.7 Å². The molecule has 0 radical (unpaired) electrons. The Bertz CT molecular complexity index is 377. The van der Waals surface area contributed by atoms with E-state index in [1.54, 1.807) is 4.90 Å². The van der Waals surface area contributed by atoms with Gasteiger partial charge in [-0.1, -0.05) is 30.3 Å². The summed E-state index contributed by atoms with van der Waals surface area (Å²) in [7, 11) is 0. The quantitative estimate of drug-likeness (QED) is 0.863. The number of hydrogen-bond donors (Lipinski definition) is 1. The molecule has 0 saturated carbocycles. The first-order valence-electron chi connectivity index (χ1n) is 5.53. The molecule has 1 fully saturated rings. The number of likely N-dealkylation sites (tertiary alicyclic amines) is 1. The van der Waals surface area contributed by atoms with Crippen molar-refractivity contribution in [1.29, 1.82) is 0 Å². The van der Waals surface area contributed by atoms with Crippen LogP contribution in [0.4, 0.5) is 13.2 Å². The van der Waals surface area contributed by atoms with Gasteiger partial charge in [0, 0.05) is 19.6 Å². The Morgan fingerprint density at radius 2 is 1.88 bits per heavy atom. The second kappa shape index (κ2) is 4.31. The number of alkyl halides is 3. The van der Waals surface area contributed by atoms with Crippen LogP contribution in [-0.4, -0.2) is 29.7 Å². The molecule has 1 aromatic rings. The summed E-state index contributed by atoms with van der Waals surface area (Å²) in [4.78, 5) is 1.75. The highest BCUT2D eigenvalue weighted by Crippen LogP contribution is 2.35. The van der Waals surface area contributed by atoms with Gasteiger partial charge in [0.1, 0.15) is 5.54 Å². The maximum atomic E-state index is 12.7. The van der Waals surface area contributed by atoms with Crippen LogP contribution < -0.4 is 5.73 Å². The molecule has 1 aliphatic heterocycles. The molecule has 5 heteroatoms. The first-order valence-corrected chi connectivity index (χ1v) is 5.53. The van der Waals surface area contributed by atoms with Gasteiger partial charge in [-0.05, 0) is 12.0 Å². The zero-order chi connectivity index (χ0) is 12.5. The van der Waals surface area contributed by atoms with Gasteiger partial charge in [-0.2, -0.15) is 13.2 Å². The number of nitrogens with zero attached hydrogens (tertiary/aromatic N) is 1. The van der Waals surface area contributed by atoms with Crippen molar-refractivity contribution >= 4 is 0 Å². The number of rotatable bonds is 2. The van der Waals surface area contributed by atoms with E-state index in [1.807, 2.05) is 30.3 Å². The predicted octanol–water partition coefficient (Wildman–Crippen LogP) is 2.15. The topological polar surface area (TPSA) is 29.3 Å². The summed E-state index contributed by atoms with van der Waals surface area (Å²) in [6.07, 6.45) is -4.35. The fourth-order valence-electron chi connectivity index (χ4n) is 2.12. The fourth-order valence-corrected chi connectivity index (χ4v) is 2.12. The van der Waals surface area contributed by atoms with E-state index in [0.29, 0.717) is 13.1 Å². The Morgan fingerprint density at radius 1 is 1.24 bits per heavy atom. The van der Waals surface area contributed by atoms with Crippen molar-refractivity contribution in [2.75, 3.05) is 13.1 Å². The number of hydrogen-bond acceptors (Lipinski definition) is 2.